The summed E-state index contributed by atoms with van der Waals surface area (Å²) in [4.78, 5) is 14.3. The molecule has 0 saturated heterocycles. The van der Waals surface area contributed by atoms with E-state index in [1.165, 1.54) is 73.0 Å². The summed E-state index contributed by atoms with van der Waals surface area (Å²) in [5.74, 6) is 1.24. The Hall–Kier alpha value is -1.78. The van der Waals surface area contributed by atoms with Crippen LogP contribution in [-0.2, 0) is 4.75 Å². The number of benzene rings is 2. The van der Waals surface area contributed by atoms with E-state index in [-0.39, 0.29) is 9.49 Å². The van der Waals surface area contributed by atoms with E-state index in [1.54, 1.807) is 6.07 Å². The minimum Gasteiger partial charge on any atom is -0.374 e. The Morgan fingerprint density at radius 2 is 1.56 bits per heavy atom. The number of rotatable bonds is 13. The van der Waals surface area contributed by atoms with Gasteiger partial charge < -0.3 is 4.90 Å². The van der Waals surface area contributed by atoms with Gasteiger partial charge in [-0.1, -0.05) is 92.5 Å². The molecule has 0 N–H and O–H groups in total. The molecule has 3 rings (SSSR count). The number of fused-ring (bicyclic) bond motifs is 1. The van der Waals surface area contributed by atoms with E-state index in [1.807, 2.05) is 12.1 Å². The molecule has 0 aliphatic carbocycles. The number of anilines is 1. The highest BCUT2D eigenvalue weighted by Crippen LogP contribution is 2.39. The predicted octanol–water partition coefficient (Wildman–Crippen LogP) is 8.10. The molecule has 0 bridgehead atoms. The van der Waals surface area contributed by atoms with Gasteiger partial charge in [-0.05, 0) is 43.6 Å². The molecule has 0 amide bonds. The second-order valence-electron chi connectivity index (χ2n) is 8.79. The Morgan fingerprint density at radius 3 is 2.31 bits per heavy atom. The number of unbranched alkanes of at least 4 members (excludes halogenated alkanes) is 5. The summed E-state index contributed by atoms with van der Waals surface area (Å²) in [5.41, 5.74) is 2.52. The van der Waals surface area contributed by atoms with Crippen molar-refractivity contribution in [3.05, 3.63) is 75.8 Å². The van der Waals surface area contributed by atoms with Gasteiger partial charge in [0.05, 0.1) is 0 Å². The van der Waals surface area contributed by atoms with Crippen LogP contribution < -0.4 is 9.64 Å². The standard InChI is InChI=1S/C28H37NOS2/c1-4-28(2,23-16-10-9-11-17-23)31-21-15-8-6-5-7-14-20-29(3)25-22-27(30)32-26-19-13-12-18-24(25)26/h9-13,16-19,22H,4-8,14-15,20-21H2,1-3H3. The van der Waals surface area contributed by atoms with Crippen LogP contribution in [0.4, 0.5) is 5.69 Å². The van der Waals surface area contributed by atoms with Crippen molar-refractivity contribution in [2.45, 2.75) is 63.5 Å². The average Bonchev–Trinajstić information content (AvgIpc) is 2.82. The van der Waals surface area contributed by atoms with Crippen molar-refractivity contribution >= 4 is 38.9 Å². The maximum absolute atomic E-state index is 12.1. The quantitative estimate of drug-likeness (QED) is 0.237. The molecule has 1 atom stereocenters. The van der Waals surface area contributed by atoms with Gasteiger partial charge in [0.2, 0.25) is 4.74 Å². The maximum atomic E-state index is 12.1. The largest absolute Gasteiger partial charge is 0.374 e. The molecule has 3 aromatic rings. The summed E-state index contributed by atoms with van der Waals surface area (Å²) in [5, 5.41) is 1.19. The highest BCUT2D eigenvalue weighted by molar-refractivity contribution is 8.00. The van der Waals surface area contributed by atoms with Crippen molar-refractivity contribution in [3.63, 3.8) is 0 Å². The number of nitrogens with zero attached hydrogens (tertiary/aromatic N) is 1. The summed E-state index contributed by atoms with van der Waals surface area (Å²) in [6, 6.07) is 21.0. The zero-order valence-electron chi connectivity index (χ0n) is 19.8. The Balaban J connectivity index is 1.33. The van der Waals surface area contributed by atoms with Crippen LogP contribution in [0.2, 0.25) is 0 Å². The molecule has 1 heterocycles. The van der Waals surface area contributed by atoms with E-state index in [0.717, 1.165) is 16.9 Å². The van der Waals surface area contributed by atoms with Crippen molar-refractivity contribution in [1.82, 2.24) is 0 Å². The zero-order chi connectivity index (χ0) is 22.8. The third kappa shape index (κ3) is 6.86. The Bertz CT molecular complexity index is 1020. The normalized spacial score (nSPS) is 13.2. The summed E-state index contributed by atoms with van der Waals surface area (Å²) in [6.07, 6.45) is 8.84. The molecule has 1 aromatic heterocycles. The average molecular weight is 468 g/mol. The van der Waals surface area contributed by atoms with Crippen molar-refractivity contribution in [2.75, 3.05) is 24.2 Å². The van der Waals surface area contributed by atoms with Gasteiger partial charge in [0.15, 0.2) is 0 Å². The first-order valence-corrected chi connectivity index (χ1v) is 13.8. The minimum atomic E-state index is 0.134. The number of hydrogen-bond donors (Lipinski definition) is 0. The lowest BCUT2D eigenvalue weighted by molar-refractivity contribution is 0.606. The number of hydrogen-bond acceptors (Lipinski definition) is 4. The fourth-order valence-electron chi connectivity index (χ4n) is 4.17. The predicted molar refractivity (Wildman–Crippen MR) is 146 cm³/mol. The van der Waals surface area contributed by atoms with Gasteiger partial charge in [0, 0.05) is 40.2 Å². The molecule has 172 valence electrons. The van der Waals surface area contributed by atoms with Crippen molar-refractivity contribution < 1.29 is 0 Å². The first-order valence-electron chi connectivity index (χ1n) is 12.0. The zero-order valence-corrected chi connectivity index (χ0v) is 21.4. The monoisotopic (exact) mass is 467 g/mol. The molecule has 0 saturated carbocycles. The van der Waals surface area contributed by atoms with Gasteiger partial charge in [0.1, 0.15) is 0 Å². The van der Waals surface area contributed by atoms with Gasteiger partial charge in [0.25, 0.3) is 0 Å². The molecule has 2 aromatic carbocycles. The molecular formula is C28H37NOS2. The first kappa shape index (κ1) is 24.9. The van der Waals surface area contributed by atoms with Crippen LogP contribution >= 0.6 is 23.1 Å². The lowest BCUT2D eigenvalue weighted by atomic mass is 9.98. The summed E-state index contributed by atoms with van der Waals surface area (Å²) < 4.78 is 1.44. The Kier molecular flexibility index (Phi) is 9.68. The molecular weight excluding hydrogens is 430 g/mol. The molecule has 0 aliphatic heterocycles. The van der Waals surface area contributed by atoms with E-state index >= 15 is 0 Å². The third-order valence-corrected chi connectivity index (χ3v) is 8.96. The van der Waals surface area contributed by atoms with Gasteiger partial charge >= 0.3 is 0 Å². The van der Waals surface area contributed by atoms with Crippen LogP contribution in [0.15, 0.2) is 65.5 Å². The topological polar surface area (TPSA) is 20.3 Å². The van der Waals surface area contributed by atoms with Gasteiger partial charge in [-0.25, -0.2) is 0 Å². The highest BCUT2D eigenvalue weighted by atomic mass is 32.2. The van der Waals surface area contributed by atoms with E-state index < -0.39 is 0 Å². The van der Waals surface area contributed by atoms with Crippen molar-refractivity contribution in [3.8, 4) is 0 Å². The van der Waals surface area contributed by atoms with Crippen LogP contribution in [0.25, 0.3) is 10.1 Å². The highest BCUT2D eigenvalue weighted by Gasteiger charge is 2.24. The minimum absolute atomic E-state index is 0.134. The molecule has 4 heteroatoms. The first-order chi connectivity index (χ1) is 15.5. The molecule has 2 nitrogen and oxygen atoms in total. The van der Waals surface area contributed by atoms with Crippen molar-refractivity contribution in [2.24, 2.45) is 0 Å². The van der Waals surface area contributed by atoms with Crippen LogP contribution in [-0.4, -0.2) is 19.3 Å². The second kappa shape index (κ2) is 12.5. The fourth-order valence-corrected chi connectivity index (χ4v) is 6.29. The van der Waals surface area contributed by atoms with E-state index in [0.29, 0.717) is 0 Å². The Labute approximate surface area is 202 Å². The van der Waals surface area contributed by atoms with Gasteiger partial charge in [-0.3, -0.25) is 4.79 Å². The molecule has 32 heavy (non-hydrogen) atoms. The van der Waals surface area contributed by atoms with E-state index in [9.17, 15) is 4.79 Å². The molecule has 0 aliphatic rings. The van der Waals surface area contributed by atoms with Crippen molar-refractivity contribution in [1.29, 1.82) is 0 Å². The molecule has 0 spiro atoms. The van der Waals surface area contributed by atoms with E-state index in [4.69, 9.17) is 0 Å². The third-order valence-electron chi connectivity index (χ3n) is 6.41. The van der Waals surface area contributed by atoms with Crippen LogP contribution in [0.1, 0.15) is 64.4 Å². The van der Waals surface area contributed by atoms with E-state index in [2.05, 4.69) is 80.0 Å². The Morgan fingerprint density at radius 1 is 0.906 bits per heavy atom. The molecule has 1 unspecified atom stereocenters. The lowest BCUT2D eigenvalue weighted by Crippen LogP contribution is -2.19. The van der Waals surface area contributed by atoms with Gasteiger partial charge in [-0.2, -0.15) is 11.8 Å². The second-order valence-corrected chi connectivity index (χ2v) is 11.4. The molecule has 0 fully saturated rings. The number of thioether (sulfide) groups is 1. The fraction of sp³-hybridized carbons (Fsp3) is 0.464. The maximum Gasteiger partial charge on any atom is 0.234 e. The molecule has 0 radical (unpaired) electrons. The SMILES string of the molecule is CCC(C)(SCCCCCCCCN(C)c1cc(=O)sc2ccccc12)c1ccccc1. The summed E-state index contributed by atoms with van der Waals surface area (Å²) >= 11 is 3.45. The smallest absolute Gasteiger partial charge is 0.234 e. The lowest BCUT2D eigenvalue weighted by Gasteiger charge is -2.28. The van der Waals surface area contributed by atoms with Crippen LogP contribution in [0.5, 0.6) is 0 Å². The summed E-state index contributed by atoms with van der Waals surface area (Å²) in [6.45, 7) is 5.68. The van der Waals surface area contributed by atoms with Crippen LogP contribution in [0.3, 0.4) is 0 Å². The summed E-state index contributed by atoms with van der Waals surface area (Å²) in [7, 11) is 2.11. The van der Waals surface area contributed by atoms with Gasteiger partial charge in [-0.15, -0.1) is 0 Å². The van der Waals surface area contributed by atoms with Crippen LogP contribution in [0, 0.1) is 0 Å².